The summed E-state index contributed by atoms with van der Waals surface area (Å²) < 4.78 is 26.7. The molecule has 0 fully saturated rings. The van der Waals surface area contributed by atoms with Gasteiger partial charge in [-0.25, -0.2) is 8.42 Å². The predicted octanol–water partition coefficient (Wildman–Crippen LogP) is 3.64. The van der Waals surface area contributed by atoms with E-state index in [1.54, 1.807) is 41.9 Å². The van der Waals surface area contributed by atoms with Gasteiger partial charge >= 0.3 is 0 Å². The first-order chi connectivity index (χ1) is 14.3. The predicted molar refractivity (Wildman–Crippen MR) is 118 cm³/mol. The van der Waals surface area contributed by atoms with Gasteiger partial charge in [0, 0.05) is 12.7 Å². The summed E-state index contributed by atoms with van der Waals surface area (Å²) in [5, 5.41) is 11.4. The maximum absolute atomic E-state index is 12.5. The molecular formula is C21H24N4O3S2. The summed E-state index contributed by atoms with van der Waals surface area (Å²) in [5.74, 6) is 0.477. The van der Waals surface area contributed by atoms with E-state index in [4.69, 9.17) is 0 Å². The Morgan fingerprint density at radius 1 is 1.07 bits per heavy atom. The molecule has 0 saturated heterocycles. The van der Waals surface area contributed by atoms with Gasteiger partial charge in [0.05, 0.1) is 10.6 Å². The van der Waals surface area contributed by atoms with E-state index >= 15 is 0 Å². The Morgan fingerprint density at radius 3 is 2.37 bits per heavy atom. The molecule has 3 aromatic rings. The van der Waals surface area contributed by atoms with Crippen LogP contribution in [-0.2, 0) is 27.4 Å². The van der Waals surface area contributed by atoms with Crippen LogP contribution < -0.4 is 5.32 Å². The summed E-state index contributed by atoms with van der Waals surface area (Å²) in [7, 11) is -1.82. The molecule has 0 radical (unpaired) electrons. The normalized spacial score (nSPS) is 11.6. The van der Waals surface area contributed by atoms with Crippen molar-refractivity contribution in [2.24, 2.45) is 7.05 Å². The largest absolute Gasteiger partial charge is 0.325 e. The number of hydrogen-bond donors (Lipinski definition) is 1. The highest BCUT2D eigenvalue weighted by Crippen LogP contribution is 2.21. The van der Waals surface area contributed by atoms with Gasteiger partial charge in [0.25, 0.3) is 0 Å². The van der Waals surface area contributed by atoms with Crippen molar-refractivity contribution in [3.05, 3.63) is 66.0 Å². The minimum atomic E-state index is -3.52. The fourth-order valence-corrected chi connectivity index (χ4v) is 4.82. The van der Waals surface area contributed by atoms with Gasteiger partial charge in [0.15, 0.2) is 15.0 Å². The van der Waals surface area contributed by atoms with E-state index in [1.165, 1.54) is 17.3 Å². The standard InChI is InChI=1S/C21H24N4O3S2/c1-15(2)16-9-11-17(12-10-16)22-20(26)13-29-21-24-23-19(25(21)3)14-30(27,28)18-7-5-4-6-8-18/h4-12,15H,13-14H2,1-3H3,(H,22,26). The highest BCUT2D eigenvalue weighted by molar-refractivity contribution is 7.99. The minimum absolute atomic E-state index is 0.142. The second kappa shape index (κ2) is 9.44. The molecule has 0 aliphatic heterocycles. The summed E-state index contributed by atoms with van der Waals surface area (Å²) in [6, 6.07) is 16.0. The third-order valence-corrected chi connectivity index (χ3v) is 7.19. The zero-order valence-corrected chi connectivity index (χ0v) is 18.7. The smallest absolute Gasteiger partial charge is 0.234 e. The molecule has 0 saturated carbocycles. The number of carbonyl (C=O) groups excluding carboxylic acids is 1. The molecule has 1 heterocycles. The number of rotatable bonds is 8. The van der Waals surface area contributed by atoms with Crippen LogP contribution in [-0.4, -0.2) is 34.8 Å². The van der Waals surface area contributed by atoms with Gasteiger partial charge in [0.2, 0.25) is 5.91 Å². The molecule has 30 heavy (non-hydrogen) atoms. The fraction of sp³-hybridized carbons (Fsp3) is 0.286. The van der Waals surface area contributed by atoms with Crippen molar-refractivity contribution in [1.29, 1.82) is 0 Å². The number of anilines is 1. The van der Waals surface area contributed by atoms with Crippen molar-refractivity contribution in [3.63, 3.8) is 0 Å². The van der Waals surface area contributed by atoms with E-state index in [-0.39, 0.29) is 22.3 Å². The summed E-state index contributed by atoms with van der Waals surface area (Å²) >= 11 is 1.21. The molecule has 0 aliphatic rings. The zero-order chi connectivity index (χ0) is 21.7. The molecule has 0 atom stereocenters. The lowest BCUT2D eigenvalue weighted by molar-refractivity contribution is -0.113. The summed E-state index contributed by atoms with van der Waals surface area (Å²) in [5.41, 5.74) is 1.94. The second-order valence-electron chi connectivity index (χ2n) is 7.14. The summed E-state index contributed by atoms with van der Waals surface area (Å²) in [6.45, 7) is 4.23. The van der Waals surface area contributed by atoms with Gasteiger partial charge < -0.3 is 9.88 Å². The van der Waals surface area contributed by atoms with Crippen LogP contribution >= 0.6 is 11.8 Å². The first-order valence-electron chi connectivity index (χ1n) is 9.45. The lowest BCUT2D eigenvalue weighted by atomic mass is 10.0. The maximum Gasteiger partial charge on any atom is 0.234 e. The van der Waals surface area contributed by atoms with Crippen molar-refractivity contribution in [2.45, 2.75) is 35.6 Å². The van der Waals surface area contributed by atoms with Crippen LogP contribution in [0.5, 0.6) is 0 Å². The van der Waals surface area contributed by atoms with Crippen LogP contribution in [0.15, 0.2) is 64.6 Å². The van der Waals surface area contributed by atoms with Crippen LogP contribution in [0.3, 0.4) is 0 Å². The van der Waals surface area contributed by atoms with E-state index in [9.17, 15) is 13.2 Å². The number of thioether (sulfide) groups is 1. The number of nitrogens with one attached hydrogen (secondary N) is 1. The molecule has 1 aromatic heterocycles. The number of aromatic nitrogens is 3. The molecule has 158 valence electrons. The Labute approximate surface area is 180 Å². The Morgan fingerprint density at radius 2 is 1.73 bits per heavy atom. The van der Waals surface area contributed by atoms with E-state index in [0.717, 1.165) is 5.69 Å². The van der Waals surface area contributed by atoms with Gasteiger partial charge in [-0.05, 0) is 35.7 Å². The van der Waals surface area contributed by atoms with Gasteiger partial charge in [-0.2, -0.15) is 0 Å². The minimum Gasteiger partial charge on any atom is -0.325 e. The first-order valence-corrected chi connectivity index (χ1v) is 12.1. The van der Waals surface area contributed by atoms with Crippen LogP contribution in [0.1, 0.15) is 31.2 Å². The Balaban J connectivity index is 1.59. The highest BCUT2D eigenvalue weighted by atomic mass is 32.2. The third kappa shape index (κ3) is 5.48. The second-order valence-corrected chi connectivity index (χ2v) is 10.1. The summed E-state index contributed by atoms with van der Waals surface area (Å²) in [4.78, 5) is 12.5. The van der Waals surface area contributed by atoms with E-state index in [1.807, 2.05) is 24.3 Å². The maximum atomic E-state index is 12.5. The third-order valence-electron chi connectivity index (χ3n) is 4.54. The number of amides is 1. The van der Waals surface area contributed by atoms with E-state index in [2.05, 4.69) is 29.4 Å². The molecule has 1 amide bonds. The van der Waals surface area contributed by atoms with Crippen molar-refractivity contribution < 1.29 is 13.2 Å². The number of carbonyl (C=O) groups is 1. The molecule has 0 bridgehead atoms. The molecular weight excluding hydrogens is 420 g/mol. The van der Waals surface area contributed by atoms with E-state index in [0.29, 0.717) is 16.9 Å². The number of nitrogens with zero attached hydrogens (tertiary/aromatic N) is 3. The molecule has 0 aliphatic carbocycles. The number of benzene rings is 2. The molecule has 3 rings (SSSR count). The van der Waals surface area contributed by atoms with Crippen molar-refractivity contribution in [2.75, 3.05) is 11.1 Å². The average Bonchev–Trinajstić information content (AvgIpc) is 3.06. The van der Waals surface area contributed by atoms with Gasteiger partial charge in [-0.1, -0.05) is 55.9 Å². The molecule has 7 nitrogen and oxygen atoms in total. The van der Waals surface area contributed by atoms with Crippen molar-refractivity contribution in [1.82, 2.24) is 14.8 Å². The van der Waals surface area contributed by atoms with Crippen LogP contribution in [0, 0.1) is 0 Å². The molecule has 1 N–H and O–H groups in total. The Bertz CT molecular complexity index is 1110. The van der Waals surface area contributed by atoms with Crippen LogP contribution in [0.2, 0.25) is 0 Å². The van der Waals surface area contributed by atoms with Gasteiger partial charge in [0.1, 0.15) is 11.6 Å². The lowest BCUT2D eigenvalue weighted by Crippen LogP contribution is -2.14. The monoisotopic (exact) mass is 444 g/mol. The van der Waals surface area contributed by atoms with E-state index < -0.39 is 9.84 Å². The Hall–Kier alpha value is -2.65. The first kappa shape index (κ1) is 22.0. The van der Waals surface area contributed by atoms with Gasteiger partial charge in [-0.3, -0.25) is 4.79 Å². The topological polar surface area (TPSA) is 94.0 Å². The Kier molecular flexibility index (Phi) is 6.94. The SMILES string of the molecule is CC(C)c1ccc(NC(=O)CSc2nnc(CS(=O)(=O)c3ccccc3)n2C)cc1. The quantitative estimate of drug-likeness (QED) is 0.533. The number of sulfone groups is 1. The van der Waals surface area contributed by atoms with Gasteiger partial charge in [-0.15, -0.1) is 10.2 Å². The average molecular weight is 445 g/mol. The molecule has 0 unspecified atom stereocenters. The van der Waals surface area contributed by atoms with Crippen LogP contribution in [0.25, 0.3) is 0 Å². The van der Waals surface area contributed by atoms with Crippen molar-refractivity contribution >= 4 is 33.2 Å². The van der Waals surface area contributed by atoms with Crippen LogP contribution in [0.4, 0.5) is 5.69 Å². The molecule has 2 aromatic carbocycles. The zero-order valence-electron chi connectivity index (χ0n) is 17.1. The number of hydrogen-bond acceptors (Lipinski definition) is 6. The fourth-order valence-electron chi connectivity index (χ4n) is 2.76. The molecule has 9 heteroatoms. The van der Waals surface area contributed by atoms with Crippen molar-refractivity contribution in [3.8, 4) is 0 Å². The lowest BCUT2D eigenvalue weighted by Gasteiger charge is -2.08. The summed E-state index contributed by atoms with van der Waals surface area (Å²) in [6.07, 6.45) is 0. The molecule has 0 spiro atoms. The highest BCUT2D eigenvalue weighted by Gasteiger charge is 2.20.